The van der Waals surface area contributed by atoms with Crippen LogP contribution in [0.5, 0.6) is 0 Å². The van der Waals surface area contributed by atoms with E-state index in [0.29, 0.717) is 5.82 Å². The van der Waals surface area contributed by atoms with Crippen LogP contribution in [0.2, 0.25) is 0 Å². The largest absolute Gasteiger partial charge is 0.464 e. The lowest BCUT2D eigenvalue weighted by atomic mass is 10.1. The molecule has 21 heavy (non-hydrogen) atoms. The molecule has 5 nitrogen and oxygen atoms in total. The summed E-state index contributed by atoms with van der Waals surface area (Å²) >= 11 is 0. The Bertz CT molecular complexity index is 744. The van der Waals surface area contributed by atoms with Crippen LogP contribution < -0.4 is 5.32 Å². The first-order chi connectivity index (χ1) is 10.1. The standard InChI is InChI=1S/C16H18N4O/c1-10-8-9-15(21-10)11(2)17-14-7-5-4-6-13(14)16-18-12(3)19-20-16/h4-9,11,17H,1-3H3,(H,18,19,20). The molecule has 1 atom stereocenters. The Hall–Kier alpha value is -2.56. The number of benzene rings is 1. The number of H-pyrrole nitrogens is 1. The van der Waals surface area contributed by atoms with E-state index in [9.17, 15) is 0 Å². The highest BCUT2D eigenvalue weighted by molar-refractivity contribution is 5.73. The van der Waals surface area contributed by atoms with Crippen molar-refractivity contribution in [2.75, 3.05) is 5.32 Å². The highest BCUT2D eigenvalue weighted by Crippen LogP contribution is 2.28. The van der Waals surface area contributed by atoms with Crippen molar-refractivity contribution in [1.82, 2.24) is 15.2 Å². The van der Waals surface area contributed by atoms with Gasteiger partial charge in [0.05, 0.1) is 6.04 Å². The first kappa shape index (κ1) is 13.4. The van der Waals surface area contributed by atoms with E-state index in [1.54, 1.807) is 0 Å². The average molecular weight is 282 g/mol. The van der Waals surface area contributed by atoms with Gasteiger partial charge < -0.3 is 9.73 Å². The van der Waals surface area contributed by atoms with Gasteiger partial charge in [-0.2, -0.15) is 5.10 Å². The number of aromatic amines is 1. The lowest BCUT2D eigenvalue weighted by molar-refractivity contribution is 0.467. The lowest BCUT2D eigenvalue weighted by Crippen LogP contribution is -2.06. The molecule has 0 amide bonds. The van der Waals surface area contributed by atoms with Crippen molar-refractivity contribution in [3.63, 3.8) is 0 Å². The molecule has 0 aliphatic rings. The molecule has 1 unspecified atom stereocenters. The molecular weight excluding hydrogens is 264 g/mol. The fraction of sp³-hybridized carbons (Fsp3) is 0.250. The minimum atomic E-state index is 0.0693. The Morgan fingerprint density at radius 2 is 1.95 bits per heavy atom. The van der Waals surface area contributed by atoms with E-state index in [0.717, 1.165) is 28.6 Å². The molecule has 0 spiro atoms. The molecule has 0 aliphatic carbocycles. The minimum Gasteiger partial charge on any atom is -0.464 e. The molecule has 0 fully saturated rings. The molecule has 2 N–H and O–H groups in total. The van der Waals surface area contributed by atoms with E-state index in [-0.39, 0.29) is 6.04 Å². The van der Waals surface area contributed by atoms with Crippen LogP contribution in [0.25, 0.3) is 11.4 Å². The molecule has 2 aromatic heterocycles. The van der Waals surface area contributed by atoms with E-state index < -0.39 is 0 Å². The summed E-state index contributed by atoms with van der Waals surface area (Å²) in [5.41, 5.74) is 1.95. The number of aromatic nitrogens is 3. The van der Waals surface area contributed by atoms with Gasteiger partial charge in [0.2, 0.25) is 0 Å². The number of rotatable bonds is 4. The van der Waals surface area contributed by atoms with Gasteiger partial charge in [-0.1, -0.05) is 12.1 Å². The zero-order valence-corrected chi connectivity index (χ0v) is 12.3. The molecular formula is C16H18N4O. The maximum atomic E-state index is 5.67. The molecule has 0 aliphatic heterocycles. The van der Waals surface area contributed by atoms with Gasteiger partial charge in [-0.15, -0.1) is 0 Å². The van der Waals surface area contributed by atoms with Crippen LogP contribution in [0.3, 0.4) is 0 Å². The Labute approximate surface area is 123 Å². The monoisotopic (exact) mass is 282 g/mol. The van der Waals surface area contributed by atoms with Crippen molar-refractivity contribution in [2.24, 2.45) is 0 Å². The Morgan fingerprint density at radius 1 is 1.14 bits per heavy atom. The van der Waals surface area contributed by atoms with E-state index in [4.69, 9.17) is 4.42 Å². The van der Waals surface area contributed by atoms with Gasteiger partial charge in [0.15, 0.2) is 5.82 Å². The van der Waals surface area contributed by atoms with Crippen LogP contribution >= 0.6 is 0 Å². The normalized spacial score (nSPS) is 12.3. The lowest BCUT2D eigenvalue weighted by Gasteiger charge is -2.15. The molecule has 0 radical (unpaired) electrons. The highest BCUT2D eigenvalue weighted by Gasteiger charge is 2.14. The molecule has 3 rings (SSSR count). The number of furan rings is 1. The smallest absolute Gasteiger partial charge is 0.183 e. The topological polar surface area (TPSA) is 66.7 Å². The first-order valence-corrected chi connectivity index (χ1v) is 6.95. The second-order valence-electron chi connectivity index (χ2n) is 5.10. The summed E-state index contributed by atoms with van der Waals surface area (Å²) < 4.78 is 5.67. The second kappa shape index (κ2) is 5.44. The summed E-state index contributed by atoms with van der Waals surface area (Å²) in [7, 11) is 0. The number of nitrogens with one attached hydrogen (secondary N) is 2. The Morgan fingerprint density at radius 3 is 2.62 bits per heavy atom. The summed E-state index contributed by atoms with van der Waals surface area (Å²) in [5.74, 6) is 3.32. The maximum absolute atomic E-state index is 5.67. The molecule has 0 saturated carbocycles. The van der Waals surface area contributed by atoms with Crippen LogP contribution in [0.4, 0.5) is 5.69 Å². The zero-order valence-electron chi connectivity index (χ0n) is 12.3. The Kier molecular flexibility index (Phi) is 3.48. The van der Waals surface area contributed by atoms with Gasteiger partial charge in [-0.25, -0.2) is 4.98 Å². The fourth-order valence-corrected chi connectivity index (χ4v) is 2.26. The van der Waals surface area contributed by atoms with Crippen molar-refractivity contribution in [2.45, 2.75) is 26.8 Å². The number of hydrogen-bond acceptors (Lipinski definition) is 4. The summed E-state index contributed by atoms with van der Waals surface area (Å²) in [6.07, 6.45) is 0. The fourth-order valence-electron chi connectivity index (χ4n) is 2.26. The van der Waals surface area contributed by atoms with Gasteiger partial charge in [0.1, 0.15) is 17.3 Å². The molecule has 0 saturated heterocycles. The van der Waals surface area contributed by atoms with Crippen LogP contribution in [-0.2, 0) is 0 Å². The number of nitrogens with zero attached hydrogens (tertiary/aromatic N) is 2. The van der Waals surface area contributed by atoms with E-state index in [2.05, 4.69) is 27.4 Å². The summed E-state index contributed by atoms with van der Waals surface area (Å²) in [6, 6.07) is 12.0. The molecule has 1 aromatic carbocycles. The van der Waals surface area contributed by atoms with Gasteiger partial charge in [0.25, 0.3) is 0 Å². The third-order valence-corrected chi connectivity index (χ3v) is 3.33. The van der Waals surface area contributed by atoms with Crippen LogP contribution in [0, 0.1) is 13.8 Å². The molecule has 0 bridgehead atoms. The number of aryl methyl sites for hydroxylation is 2. The van der Waals surface area contributed by atoms with Crippen molar-refractivity contribution < 1.29 is 4.42 Å². The molecule has 3 aromatic rings. The van der Waals surface area contributed by atoms with Crippen LogP contribution in [0.1, 0.15) is 30.3 Å². The van der Waals surface area contributed by atoms with Gasteiger partial charge >= 0.3 is 0 Å². The van der Waals surface area contributed by atoms with Gasteiger partial charge in [-0.3, -0.25) is 5.10 Å². The van der Waals surface area contributed by atoms with Crippen molar-refractivity contribution in [3.05, 3.63) is 53.7 Å². The number of para-hydroxylation sites is 1. The molecule has 5 heteroatoms. The minimum absolute atomic E-state index is 0.0693. The summed E-state index contributed by atoms with van der Waals surface area (Å²) in [6.45, 7) is 5.90. The summed E-state index contributed by atoms with van der Waals surface area (Å²) in [4.78, 5) is 4.40. The predicted molar refractivity (Wildman–Crippen MR) is 82.0 cm³/mol. The van der Waals surface area contributed by atoms with Crippen LogP contribution in [0.15, 0.2) is 40.8 Å². The zero-order chi connectivity index (χ0) is 14.8. The van der Waals surface area contributed by atoms with E-state index in [1.165, 1.54) is 0 Å². The predicted octanol–water partition coefficient (Wildman–Crippen LogP) is 3.85. The third-order valence-electron chi connectivity index (χ3n) is 3.33. The van der Waals surface area contributed by atoms with E-state index in [1.807, 2.05) is 50.2 Å². The van der Waals surface area contributed by atoms with Crippen molar-refractivity contribution in [3.8, 4) is 11.4 Å². The SMILES string of the molecule is Cc1nc(-c2ccccc2NC(C)c2ccc(C)o2)n[nH]1. The molecule has 2 heterocycles. The number of anilines is 1. The van der Waals surface area contributed by atoms with Crippen LogP contribution in [-0.4, -0.2) is 15.2 Å². The number of hydrogen-bond donors (Lipinski definition) is 2. The van der Waals surface area contributed by atoms with E-state index >= 15 is 0 Å². The first-order valence-electron chi connectivity index (χ1n) is 6.95. The summed E-state index contributed by atoms with van der Waals surface area (Å²) in [5, 5.41) is 10.6. The quantitative estimate of drug-likeness (QED) is 0.762. The van der Waals surface area contributed by atoms with Crippen molar-refractivity contribution in [1.29, 1.82) is 0 Å². The highest BCUT2D eigenvalue weighted by atomic mass is 16.3. The molecule has 108 valence electrons. The van der Waals surface area contributed by atoms with Crippen molar-refractivity contribution >= 4 is 5.69 Å². The Balaban J connectivity index is 1.89. The van der Waals surface area contributed by atoms with Gasteiger partial charge in [-0.05, 0) is 45.0 Å². The average Bonchev–Trinajstić information content (AvgIpc) is 3.08. The maximum Gasteiger partial charge on any atom is 0.183 e. The third kappa shape index (κ3) is 2.81. The van der Waals surface area contributed by atoms with Gasteiger partial charge in [0, 0.05) is 11.3 Å². The second-order valence-corrected chi connectivity index (χ2v) is 5.10.